The highest BCUT2D eigenvalue weighted by atomic mass is 28.4. The molecule has 0 saturated carbocycles. The van der Waals surface area contributed by atoms with Gasteiger partial charge in [-0.2, -0.15) is 0 Å². The van der Waals surface area contributed by atoms with Crippen molar-refractivity contribution in [3.63, 3.8) is 0 Å². The van der Waals surface area contributed by atoms with E-state index < -0.39 is 8.32 Å². The van der Waals surface area contributed by atoms with Crippen LogP contribution in [-0.2, 0) is 4.43 Å². The van der Waals surface area contributed by atoms with Crippen LogP contribution in [0.2, 0.25) is 19.6 Å². The van der Waals surface area contributed by atoms with Crippen molar-refractivity contribution < 1.29 is 4.43 Å². The smallest absolute Gasteiger partial charge is 0.184 e. The Bertz CT molecular complexity index is 187. The Morgan fingerprint density at radius 2 is 1.92 bits per heavy atom. The largest absolute Gasteiger partial charge is 0.411 e. The van der Waals surface area contributed by atoms with E-state index in [1.807, 2.05) is 0 Å². The van der Waals surface area contributed by atoms with Crippen molar-refractivity contribution in [1.29, 1.82) is 0 Å². The monoisotopic (exact) mass is 198 g/mol. The van der Waals surface area contributed by atoms with Crippen LogP contribution in [0.5, 0.6) is 0 Å². The van der Waals surface area contributed by atoms with Gasteiger partial charge in [-0.3, -0.25) is 0 Å². The summed E-state index contributed by atoms with van der Waals surface area (Å²) in [4.78, 5) is 0. The van der Waals surface area contributed by atoms with Gasteiger partial charge in [-0.25, -0.2) is 0 Å². The minimum Gasteiger partial charge on any atom is -0.411 e. The minimum absolute atomic E-state index is 0.0893. The lowest BCUT2D eigenvalue weighted by atomic mass is 9.97. The first-order chi connectivity index (χ1) is 5.83. The predicted molar refractivity (Wildman–Crippen MR) is 61.2 cm³/mol. The zero-order valence-corrected chi connectivity index (χ0v) is 10.6. The van der Waals surface area contributed by atoms with Crippen LogP contribution >= 0.6 is 0 Å². The van der Waals surface area contributed by atoms with Crippen LogP contribution in [0.15, 0.2) is 0 Å². The molecule has 0 fully saturated rings. The maximum Gasteiger partial charge on any atom is 0.184 e. The standard InChI is InChI=1S/C11H22OSi/c1-7-9-11(3,10-8-2)12-13(4,5)6/h1H,8-10H2,2-6H3. The summed E-state index contributed by atoms with van der Waals surface area (Å²) in [5.41, 5.74) is -0.0893. The van der Waals surface area contributed by atoms with Crippen molar-refractivity contribution in [3.8, 4) is 12.3 Å². The first-order valence-corrected chi connectivity index (χ1v) is 8.37. The van der Waals surface area contributed by atoms with E-state index >= 15 is 0 Å². The Labute approximate surface area is 84.0 Å². The first-order valence-electron chi connectivity index (χ1n) is 4.96. The van der Waals surface area contributed by atoms with Crippen LogP contribution in [-0.4, -0.2) is 13.9 Å². The van der Waals surface area contributed by atoms with Gasteiger partial charge < -0.3 is 4.43 Å². The molecule has 0 aliphatic carbocycles. The molecule has 0 N–H and O–H groups in total. The molecule has 0 rings (SSSR count). The summed E-state index contributed by atoms with van der Waals surface area (Å²) in [5, 5.41) is 0. The van der Waals surface area contributed by atoms with E-state index in [2.05, 4.69) is 39.4 Å². The van der Waals surface area contributed by atoms with E-state index in [9.17, 15) is 0 Å². The Kier molecular flexibility index (Phi) is 4.73. The summed E-state index contributed by atoms with van der Waals surface area (Å²) in [5.74, 6) is 2.71. The van der Waals surface area contributed by atoms with Crippen LogP contribution in [0.1, 0.15) is 33.1 Å². The van der Waals surface area contributed by atoms with Gasteiger partial charge >= 0.3 is 0 Å². The van der Waals surface area contributed by atoms with Crippen LogP contribution in [0.4, 0.5) is 0 Å². The van der Waals surface area contributed by atoms with E-state index in [1.165, 1.54) is 0 Å². The summed E-state index contributed by atoms with van der Waals surface area (Å²) in [7, 11) is -1.46. The molecule has 0 aromatic heterocycles. The molecule has 0 amide bonds. The maximum atomic E-state index is 6.10. The molecule has 0 saturated heterocycles. The van der Waals surface area contributed by atoms with Crippen molar-refractivity contribution in [2.24, 2.45) is 0 Å². The number of rotatable bonds is 5. The van der Waals surface area contributed by atoms with Crippen LogP contribution < -0.4 is 0 Å². The second kappa shape index (κ2) is 4.83. The lowest BCUT2D eigenvalue weighted by molar-refractivity contribution is 0.0756. The highest BCUT2D eigenvalue weighted by molar-refractivity contribution is 6.69. The van der Waals surface area contributed by atoms with Crippen molar-refractivity contribution in [1.82, 2.24) is 0 Å². The van der Waals surface area contributed by atoms with Crippen molar-refractivity contribution in [2.45, 2.75) is 58.4 Å². The molecule has 1 unspecified atom stereocenters. The molecule has 0 aliphatic heterocycles. The number of hydrogen-bond donors (Lipinski definition) is 0. The minimum atomic E-state index is -1.46. The fourth-order valence-electron chi connectivity index (χ4n) is 1.66. The van der Waals surface area contributed by atoms with Gasteiger partial charge in [0, 0.05) is 6.42 Å². The Morgan fingerprint density at radius 3 is 2.23 bits per heavy atom. The summed E-state index contributed by atoms with van der Waals surface area (Å²) in [6.07, 6.45) is 8.26. The number of terminal acetylenes is 1. The van der Waals surface area contributed by atoms with Crippen LogP contribution in [0.25, 0.3) is 0 Å². The fourth-order valence-corrected chi connectivity index (χ4v) is 3.31. The normalized spacial score (nSPS) is 16.3. The van der Waals surface area contributed by atoms with Crippen molar-refractivity contribution in [3.05, 3.63) is 0 Å². The summed E-state index contributed by atoms with van der Waals surface area (Å²) >= 11 is 0. The average Bonchev–Trinajstić information content (AvgIpc) is 1.82. The zero-order valence-electron chi connectivity index (χ0n) is 9.61. The summed E-state index contributed by atoms with van der Waals surface area (Å²) < 4.78 is 6.10. The third-order valence-electron chi connectivity index (χ3n) is 1.81. The fraction of sp³-hybridized carbons (Fsp3) is 0.818. The average molecular weight is 198 g/mol. The number of hydrogen-bond acceptors (Lipinski definition) is 1. The molecule has 76 valence electrons. The molecule has 0 heterocycles. The van der Waals surface area contributed by atoms with E-state index in [0.29, 0.717) is 0 Å². The molecule has 2 heteroatoms. The second-order valence-electron chi connectivity index (χ2n) is 4.80. The lowest BCUT2D eigenvalue weighted by Crippen LogP contribution is -2.40. The quantitative estimate of drug-likeness (QED) is 0.486. The third kappa shape index (κ3) is 5.90. The van der Waals surface area contributed by atoms with Crippen molar-refractivity contribution >= 4 is 8.32 Å². The third-order valence-corrected chi connectivity index (χ3v) is 2.91. The Morgan fingerprint density at radius 1 is 1.38 bits per heavy atom. The molecule has 0 aliphatic rings. The summed E-state index contributed by atoms with van der Waals surface area (Å²) in [6.45, 7) is 10.9. The Hall–Kier alpha value is -0.263. The van der Waals surface area contributed by atoms with Gasteiger partial charge in [-0.15, -0.1) is 12.3 Å². The molecule has 0 spiro atoms. The van der Waals surface area contributed by atoms with Crippen molar-refractivity contribution in [2.75, 3.05) is 0 Å². The summed E-state index contributed by atoms with van der Waals surface area (Å²) in [6, 6.07) is 0. The maximum absolute atomic E-state index is 6.10. The van der Waals surface area contributed by atoms with E-state index in [0.717, 1.165) is 19.3 Å². The van der Waals surface area contributed by atoms with Gasteiger partial charge in [-0.05, 0) is 33.0 Å². The van der Waals surface area contributed by atoms with Gasteiger partial charge in [-0.1, -0.05) is 13.3 Å². The molecular weight excluding hydrogens is 176 g/mol. The van der Waals surface area contributed by atoms with E-state index in [-0.39, 0.29) is 5.60 Å². The van der Waals surface area contributed by atoms with E-state index in [4.69, 9.17) is 10.8 Å². The molecule has 0 aromatic rings. The molecule has 0 radical (unpaired) electrons. The lowest BCUT2D eigenvalue weighted by Gasteiger charge is -2.35. The van der Waals surface area contributed by atoms with Gasteiger partial charge in [0.15, 0.2) is 8.32 Å². The first kappa shape index (κ1) is 12.7. The molecule has 0 bridgehead atoms. The molecular formula is C11H22OSi. The second-order valence-corrected chi connectivity index (χ2v) is 9.22. The van der Waals surface area contributed by atoms with Gasteiger partial charge in [0.2, 0.25) is 0 Å². The van der Waals surface area contributed by atoms with Gasteiger partial charge in [0.1, 0.15) is 0 Å². The van der Waals surface area contributed by atoms with Gasteiger partial charge in [0.05, 0.1) is 5.60 Å². The topological polar surface area (TPSA) is 9.23 Å². The zero-order chi connectivity index (χ0) is 10.5. The predicted octanol–water partition coefficient (Wildman–Crippen LogP) is 3.42. The SMILES string of the molecule is C#CCC(C)(CCC)O[Si](C)(C)C. The Balaban J connectivity index is 4.33. The van der Waals surface area contributed by atoms with E-state index in [1.54, 1.807) is 0 Å². The highest BCUT2D eigenvalue weighted by Crippen LogP contribution is 2.25. The molecule has 1 atom stereocenters. The van der Waals surface area contributed by atoms with Crippen LogP contribution in [0.3, 0.4) is 0 Å². The van der Waals surface area contributed by atoms with Crippen LogP contribution in [0, 0.1) is 12.3 Å². The molecule has 13 heavy (non-hydrogen) atoms. The molecule has 1 nitrogen and oxygen atoms in total. The molecule has 0 aromatic carbocycles. The highest BCUT2D eigenvalue weighted by Gasteiger charge is 2.29. The van der Waals surface area contributed by atoms with Gasteiger partial charge in [0.25, 0.3) is 0 Å².